The van der Waals surface area contributed by atoms with E-state index in [9.17, 15) is 0 Å². The van der Waals surface area contributed by atoms with E-state index in [4.69, 9.17) is 0 Å². The Morgan fingerprint density at radius 1 is 0.640 bits per heavy atom. The van der Waals surface area contributed by atoms with Crippen LogP contribution in [0, 0.1) is 0 Å². The van der Waals surface area contributed by atoms with E-state index in [1.807, 2.05) is 41.5 Å². The molecule has 0 fully saturated rings. The van der Waals surface area contributed by atoms with Crippen molar-refractivity contribution in [2.24, 2.45) is 0 Å². The summed E-state index contributed by atoms with van der Waals surface area (Å²) in [6.07, 6.45) is 1.24. The molecule has 0 heterocycles. The Labute approximate surface area is 178 Å². The summed E-state index contributed by atoms with van der Waals surface area (Å²) in [6, 6.07) is 8.57. The van der Waals surface area contributed by atoms with Crippen molar-refractivity contribution in [3.63, 3.8) is 0 Å². The Morgan fingerprint density at radius 3 is 1.08 bits per heavy atom. The minimum absolute atomic E-state index is 0. The van der Waals surface area contributed by atoms with Crippen LogP contribution in [0.3, 0.4) is 0 Å². The van der Waals surface area contributed by atoms with Crippen molar-refractivity contribution in [2.45, 2.75) is 67.7 Å². The first kappa shape index (κ1) is 32.7. The topological polar surface area (TPSA) is 42.3 Å². The van der Waals surface area contributed by atoms with Gasteiger partial charge in [-0.15, -0.1) is 0 Å². The van der Waals surface area contributed by atoms with E-state index >= 15 is 0 Å². The maximum atomic E-state index is 3.97. The molecule has 0 radical (unpaired) electrons. The summed E-state index contributed by atoms with van der Waals surface area (Å²) in [5.74, 6) is 0.736. The van der Waals surface area contributed by atoms with Gasteiger partial charge >= 0.3 is 25.8 Å². The molecule has 146 valence electrons. The van der Waals surface area contributed by atoms with Crippen LogP contribution < -0.4 is 0 Å². The van der Waals surface area contributed by atoms with Crippen molar-refractivity contribution in [2.75, 3.05) is 39.3 Å². The molecule has 4 heteroatoms. The third-order valence-electron chi connectivity index (χ3n) is 3.21. The molecule has 1 aromatic carbocycles. The molecule has 0 aliphatic carbocycles. The second kappa shape index (κ2) is 31.8. The molecule has 1 rings (SSSR count). The van der Waals surface area contributed by atoms with Crippen LogP contribution in [0.5, 0.6) is 0 Å². The summed E-state index contributed by atoms with van der Waals surface area (Å²) >= 11 is 0. The second-order valence-corrected chi connectivity index (χ2v) is 5.10. The fourth-order valence-corrected chi connectivity index (χ4v) is 1.62. The summed E-state index contributed by atoms with van der Waals surface area (Å²) in [6.45, 7) is 22.6. The maximum Gasteiger partial charge on any atom is 4.00 e. The Balaban J connectivity index is -0.000000122. The molecule has 0 spiro atoms. The molecule has 25 heavy (non-hydrogen) atoms. The van der Waals surface area contributed by atoms with Crippen LogP contribution in [0.25, 0.3) is 16.0 Å². The molecule has 0 N–H and O–H groups in total. The zero-order valence-corrected chi connectivity index (χ0v) is 21.8. The number of hydrogen-bond donors (Lipinski definition) is 0. The third-order valence-corrected chi connectivity index (χ3v) is 3.21. The Morgan fingerprint density at radius 2 is 0.920 bits per heavy atom. The Hall–Kier alpha value is 0.100. The van der Waals surface area contributed by atoms with Gasteiger partial charge in [-0.2, -0.15) is 57.0 Å². The van der Waals surface area contributed by atoms with E-state index in [1.165, 1.54) is 12.0 Å². The Bertz CT molecular complexity index is 256. The van der Waals surface area contributed by atoms with Crippen molar-refractivity contribution in [1.82, 2.24) is 0 Å². The van der Waals surface area contributed by atoms with Crippen LogP contribution in [0.4, 0.5) is 0 Å². The summed E-state index contributed by atoms with van der Waals surface area (Å²) < 4.78 is 0. The van der Waals surface area contributed by atoms with Crippen molar-refractivity contribution in [3.8, 4) is 0 Å². The van der Waals surface area contributed by atoms with Gasteiger partial charge in [0.25, 0.3) is 0 Å². The molecule has 0 saturated carbocycles. The average molecular weight is 516 g/mol. The third kappa shape index (κ3) is 32.3. The molecule has 1 unspecified atom stereocenters. The summed E-state index contributed by atoms with van der Waals surface area (Å²) in [7, 11) is 0. The second-order valence-electron chi connectivity index (χ2n) is 5.10. The number of rotatable bonds is 8. The molecule has 3 nitrogen and oxygen atoms in total. The van der Waals surface area contributed by atoms with Crippen LogP contribution in [0.2, 0.25) is 0 Å². The predicted molar refractivity (Wildman–Crippen MR) is 114 cm³/mol. The van der Waals surface area contributed by atoms with E-state index in [0.717, 1.165) is 45.2 Å². The summed E-state index contributed by atoms with van der Waals surface area (Å²) in [5.41, 5.74) is 1.47. The smallest absolute Gasteiger partial charge is 0.663 e. The van der Waals surface area contributed by atoms with Gasteiger partial charge in [0.2, 0.25) is 0 Å². The van der Waals surface area contributed by atoms with Gasteiger partial charge in [-0.25, -0.2) is 12.1 Å². The average Bonchev–Trinajstić information content (AvgIpc) is 3.13. The molecule has 1 atom stereocenters. The van der Waals surface area contributed by atoms with Gasteiger partial charge in [-0.3, -0.25) is 0 Å². The quantitative estimate of drug-likeness (QED) is 0.261. The monoisotopic (exact) mass is 517 g/mol. The minimum atomic E-state index is 0. The van der Waals surface area contributed by atoms with Crippen molar-refractivity contribution in [1.29, 1.82) is 0 Å². The van der Waals surface area contributed by atoms with Crippen LogP contribution >= 0.6 is 0 Å². The van der Waals surface area contributed by atoms with Crippen LogP contribution in [0.1, 0.15) is 73.3 Å². The summed E-state index contributed by atoms with van der Waals surface area (Å²) in [5, 5.41) is 11.9. The number of hydrogen-bond acceptors (Lipinski definition) is 0. The standard InChI is InChI=1S/C9H13.3C4H10N.Hf/c1-3-8(2)9-6-4-5-7-9;3*1-3-5-4-2;/h4-8H,3H2,1-2H3;3*3-4H2,1-2H3;/q4*-1;+4. The van der Waals surface area contributed by atoms with Crippen LogP contribution in [-0.4, -0.2) is 39.3 Å². The first-order valence-corrected chi connectivity index (χ1v) is 9.70. The molecule has 0 aromatic heterocycles. The van der Waals surface area contributed by atoms with Crippen molar-refractivity contribution in [3.05, 3.63) is 45.8 Å². The predicted octanol–water partition coefficient (Wildman–Crippen LogP) is 7.12. The zero-order valence-electron chi connectivity index (χ0n) is 18.2. The van der Waals surface area contributed by atoms with Gasteiger partial charge in [0.1, 0.15) is 0 Å². The first-order chi connectivity index (χ1) is 11.6. The van der Waals surface area contributed by atoms with Gasteiger partial charge in [0.05, 0.1) is 0 Å². The van der Waals surface area contributed by atoms with Gasteiger partial charge in [-0.1, -0.05) is 67.7 Å². The summed E-state index contributed by atoms with van der Waals surface area (Å²) in [4.78, 5) is 0. The maximum absolute atomic E-state index is 3.97. The molecular weight excluding hydrogens is 473 g/mol. The van der Waals surface area contributed by atoms with E-state index in [2.05, 4.69) is 54.1 Å². The SMILES string of the molecule is CCC(C)[c-]1cccc1.CC[N-]CC.CC[N-]CC.CC[N-]CC.[Hf+4]. The molecule has 0 saturated heterocycles. The molecule has 1 aromatic rings. The molecule has 0 bridgehead atoms. The fourth-order valence-electron chi connectivity index (χ4n) is 1.62. The van der Waals surface area contributed by atoms with Gasteiger partial charge in [0, 0.05) is 0 Å². The number of nitrogens with zero attached hydrogens (tertiary/aromatic N) is 3. The van der Waals surface area contributed by atoms with Crippen LogP contribution in [0.15, 0.2) is 24.3 Å². The normalized spacial score (nSPS) is 9.92. The van der Waals surface area contributed by atoms with E-state index < -0.39 is 0 Å². The van der Waals surface area contributed by atoms with Gasteiger partial charge in [0.15, 0.2) is 0 Å². The van der Waals surface area contributed by atoms with Crippen molar-refractivity contribution < 1.29 is 25.8 Å². The minimum Gasteiger partial charge on any atom is -0.663 e. The molecular formula is C21H43HfN3. The van der Waals surface area contributed by atoms with Gasteiger partial charge < -0.3 is 16.0 Å². The first-order valence-electron chi connectivity index (χ1n) is 9.70. The largest absolute Gasteiger partial charge is 4.00 e. The zero-order chi connectivity index (χ0) is 19.1. The van der Waals surface area contributed by atoms with E-state index in [0.29, 0.717) is 0 Å². The van der Waals surface area contributed by atoms with Gasteiger partial charge in [-0.05, 0) is 0 Å². The van der Waals surface area contributed by atoms with E-state index in [1.54, 1.807) is 0 Å². The molecule has 0 amide bonds. The van der Waals surface area contributed by atoms with Crippen molar-refractivity contribution >= 4 is 0 Å². The fraction of sp³-hybridized carbons (Fsp3) is 0.762. The van der Waals surface area contributed by atoms with E-state index in [-0.39, 0.29) is 25.8 Å². The molecule has 0 aliphatic rings. The Kier molecular flexibility index (Phi) is 41.7. The van der Waals surface area contributed by atoms with Crippen LogP contribution in [-0.2, 0) is 25.8 Å². The molecule has 0 aliphatic heterocycles.